The predicted octanol–water partition coefficient (Wildman–Crippen LogP) is 5.67. The maximum atomic E-state index is 12.5. The summed E-state index contributed by atoms with van der Waals surface area (Å²) in [6.07, 6.45) is 1.44. The number of aromatic nitrogens is 2. The zero-order valence-corrected chi connectivity index (χ0v) is 18.0. The van der Waals surface area contributed by atoms with Crippen LogP contribution >= 0.6 is 35.3 Å². The van der Waals surface area contributed by atoms with E-state index in [0.717, 1.165) is 0 Å². The van der Waals surface area contributed by atoms with E-state index in [1.54, 1.807) is 42.5 Å². The number of hydrogen-bond acceptors (Lipinski definition) is 7. The highest BCUT2D eigenvalue weighted by Gasteiger charge is 2.15. The highest BCUT2D eigenvalue weighted by atomic mass is 35.5. The van der Waals surface area contributed by atoms with Gasteiger partial charge in [0.1, 0.15) is 17.9 Å². The Balaban J connectivity index is 0.00000256. The van der Waals surface area contributed by atoms with Crippen LogP contribution in [-0.2, 0) is 4.79 Å². The lowest BCUT2D eigenvalue weighted by molar-refractivity contribution is -0.131. The largest absolute Gasteiger partial charge is 0.427 e. The van der Waals surface area contributed by atoms with Crippen LogP contribution < -0.4 is 10.1 Å². The Kier molecular flexibility index (Phi) is 6.66. The van der Waals surface area contributed by atoms with Gasteiger partial charge in [-0.1, -0.05) is 17.7 Å². The van der Waals surface area contributed by atoms with Gasteiger partial charge in [0.05, 0.1) is 15.4 Å². The summed E-state index contributed by atoms with van der Waals surface area (Å²) in [6.45, 7) is 1.34. The molecular formula is C21H15Cl2N3O3S. The second-order valence-electron chi connectivity index (χ2n) is 6.12. The number of carbonyl (C=O) groups is 2. The SMILES string of the molecule is CC(=O)Oc1ccc2ncnc(Nc3ccc(C(=O)c4cccs4)c(Cl)c3)c2c1.Cl. The van der Waals surface area contributed by atoms with Crippen molar-refractivity contribution in [2.75, 3.05) is 5.32 Å². The molecule has 0 saturated heterocycles. The molecule has 0 atom stereocenters. The molecule has 0 aliphatic rings. The van der Waals surface area contributed by atoms with Gasteiger partial charge in [0, 0.05) is 23.6 Å². The van der Waals surface area contributed by atoms with Crippen LogP contribution in [0.15, 0.2) is 60.2 Å². The van der Waals surface area contributed by atoms with Crippen molar-refractivity contribution in [3.8, 4) is 5.75 Å². The minimum absolute atomic E-state index is 0. The van der Waals surface area contributed by atoms with Gasteiger partial charge in [-0.05, 0) is 47.8 Å². The van der Waals surface area contributed by atoms with Crippen molar-refractivity contribution in [1.29, 1.82) is 0 Å². The Morgan fingerprint density at radius 3 is 2.63 bits per heavy atom. The van der Waals surface area contributed by atoms with Crippen LogP contribution in [0.5, 0.6) is 5.75 Å². The summed E-state index contributed by atoms with van der Waals surface area (Å²) < 4.78 is 5.14. The summed E-state index contributed by atoms with van der Waals surface area (Å²) in [7, 11) is 0. The molecule has 0 radical (unpaired) electrons. The summed E-state index contributed by atoms with van der Waals surface area (Å²) in [4.78, 5) is 32.9. The standard InChI is InChI=1S/C21H14ClN3O3S.ClH/c1-12(26)28-14-5-7-18-16(10-14)21(24-11-23-18)25-13-4-6-15(17(22)9-13)20(27)19-3-2-8-29-19;/h2-11H,1H3,(H,23,24,25);1H. The molecule has 0 fully saturated rings. The molecule has 0 saturated carbocycles. The number of nitrogens with zero attached hydrogens (tertiary/aromatic N) is 2. The quantitative estimate of drug-likeness (QED) is 0.235. The van der Waals surface area contributed by atoms with Crippen molar-refractivity contribution < 1.29 is 14.3 Å². The summed E-state index contributed by atoms with van der Waals surface area (Å²) in [5.41, 5.74) is 1.79. The molecule has 0 aliphatic heterocycles. The van der Waals surface area contributed by atoms with Crippen LogP contribution in [0.1, 0.15) is 22.2 Å². The summed E-state index contributed by atoms with van der Waals surface area (Å²) in [6, 6.07) is 13.8. The van der Waals surface area contributed by atoms with Crippen molar-refractivity contribution in [1.82, 2.24) is 9.97 Å². The molecule has 152 valence electrons. The van der Waals surface area contributed by atoms with E-state index < -0.39 is 5.97 Å². The van der Waals surface area contributed by atoms with Gasteiger partial charge in [0.15, 0.2) is 0 Å². The van der Waals surface area contributed by atoms with Crippen molar-refractivity contribution in [3.63, 3.8) is 0 Å². The molecule has 0 amide bonds. The fourth-order valence-electron chi connectivity index (χ4n) is 2.82. The first-order valence-corrected chi connectivity index (χ1v) is 9.85. The van der Waals surface area contributed by atoms with Crippen molar-refractivity contribution >= 4 is 69.5 Å². The lowest BCUT2D eigenvalue weighted by Crippen LogP contribution is -2.02. The summed E-state index contributed by atoms with van der Waals surface area (Å²) in [5.74, 6) is 0.402. The molecule has 1 N–H and O–H groups in total. The average Bonchev–Trinajstić information content (AvgIpc) is 3.22. The first kappa shape index (κ1) is 21.7. The Morgan fingerprint density at radius 1 is 1.10 bits per heavy atom. The number of esters is 1. The molecule has 2 aromatic carbocycles. The summed E-state index contributed by atoms with van der Waals surface area (Å²) >= 11 is 7.73. The molecule has 0 spiro atoms. The molecule has 2 aromatic heterocycles. The zero-order valence-electron chi connectivity index (χ0n) is 15.6. The fourth-order valence-corrected chi connectivity index (χ4v) is 3.76. The maximum absolute atomic E-state index is 12.5. The molecule has 9 heteroatoms. The van der Waals surface area contributed by atoms with Crippen LogP contribution in [0.3, 0.4) is 0 Å². The number of nitrogens with one attached hydrogen (secondary N) is 1. The number of thiophene rings is 1. The van der Waals surface area contributed by atoms with Gasteiger partial charge < -0.3 is 10.1 Å². The number of hydrogen-bond donors (Lipinski definition) is 1. The Hall–Kier alpha value is -3.00. The molecule has 6 nitrogen and oxygen atoms in total. The van der Waals surface area contributed by atoms with Crippen LogP contribution in [0.25, 0.3) is 10.9 Å². The van der Waals surface area contributed by atoms with E-state index in [4.69, 9.17) is 16.3 Å². The van der Waals surface area contributed by atoms with Crippen molar-refractivity contribution in [2.45, 2.75) is 6.92 Å². The van der Waals surface area contributed by atoms with Crippen LogP contribution in [0.2, 0.25) is 5.02 Å². The van der Waals surface area contributed by atoms with Crippen LogP contribution in [0.4, 0.5) is 11.5 Å². The van der Waals surface area contributed by atoms with Gasteiger partial charge in [0.2, 0.25) is 5.78 Å². The molecule has 0 bridgehead atoms. The van der Waals surface area contributed by atoms with Crippen LogP contribution in [0, 0.1) is 0 Å². The van der Waals surface area contributed by atoms with E-state index in [9.17, 15) is 9.59 Å². The smallest absolute Gasteiger partial charge is 0.308 e. The number of ether oxygens (including phenoxy) is 1. The molecule has 4 aromatic rings. The number of halogens is 2. The Morgan fingerprint density at radius 2 is 1.93 bits per heavy atom. The number of rotatable bonds is 5. The highest BCUT2D eigenvalue weighted by molar-refractivity contribution is 7.12. The van der Waals surface area contributed by atoms with Crippen molar-refractivity contribution in [3.05, 3.63) is 75.7 Å². The lowest BCUT2D eigenvalue weighted by atomic mass is 10.1. The lowest BCUT2D eigenvalue weighted by Gasteiger charge is -2.11. The topological polar surface area (TPSA) is 81.2 Å². The van der Waals surface area contributed by atoms with Crippen LogP contribution in [-0.4, -0.2) is 21.7 Å². The van der Waals surface area contributed by atoms with E-state index in [0.29, 0.717) is 43.6 Å². The van der Waals surface area contributed by atoms with Gasteiger partial charge in [-0.3, -0.25) is 9.59 Å². The Labute approximate surface area is 187 Å². The van der Waals surface area contributed by atoms with E-state index in [1.807, 2.05) is 11.4 Å². The van der Waals surface area contributed by atoms with E-state index in [-0.39, 0.29) is 18.2 Å². The summed E-state index contributed by atoms with van der Waals surface area (Å²) in [5, 5.41) is 6.05. The van der Waals surface area contributed by atoms with Crippen molar-refractivity contribution in [2.24, 2.45) is 0 Å². The van der Waals surface area contributed by atoms with E-state index in [2.05, 4.69) is 15.3 Å². The monoisotopic (exact) mass is 459 g/mol. The number of ketones is 1. The first-order chi connectivity index (χ1) is 14.0. The number of fused-ring (bicyclic) bond motifs is 1. The zero-order chi connectivity index (χ0) is 20.4. The fraction of sp³-hybridized carbons (Fsp3) is 0.0476. The third-order valence-corrected chi connectivity index (χ3v) is 5.27. The third kappa shape index (κ3) is 4.59. The Bertz CT molecular complexity index is 1230. The van der Waals surface area contributed by atoms with Gasteiger partial charge in [-0.15, -0.1) is 23.7 Å². The van der Waals surface area contributed by atoms with E-state index in [1.165, 1.54) is 24.6 Å². The van der Waals surface area contributed by atoms with E-state index >= 15 is 0 Å². The molecule has 4 rings (SSSR count). The molecule has 2 heterocycles. The molecule has 0 aliphatic carbocycles. The second kappa shape index (κ2) is 9.21. The van der Waals surface area contributed by atoms with Gasteiger partial charge >= 0.3 is 5.97 Å². The van der Waals surface area contributed by atoms with Gasteiger partial charge in [0.25, 0.3) is 0 Å². The molecular weight excluding hydrogens is 445 g/mol. The number of anilines is 2. The first-order valence-electron chi connectivity index (χ1n) is 8.59. The second-order valence-corrected chi connectivity index (χ2v) is 7.48. The third-order valence-electron chi connectivity index (χ3n) is 4.09. The number of carbonyl (C=O) groups excluding carboxylic acids is 2. The minimum Gasteiger partial charge on any atom is -0.427 e. The normalized spacial score (nSPS) is 10.3. The maximum Gasteiger partial charge on any atom is 0.308 e. The molecule has 30 heavy (non-hydrogen) atoms. The minimum atomic E-state index is -0.409. The molecule has 0 unspecified atom stereocenters. The highest BCUT2D eigenvalue weighted by Crippen LogP contribution is 2.30. The van der Waals surface area contributed by atoms with Gasteiger partial charge in [-0.2, -0.15) is 0 Å². The predicted molar refractivity (Wildman–Crippen MR) is 121 cm³/mol. The number of benzene rings is 2. The average molecular weight is 460 g/mol. The van der Waals surface area contributed by atoms with Gasteiger partial charge in [-0.25, -0.2) is 9.97 Å².